The summed E-state index contributed by atoms with van der Waals surface area (Å²) < 4.78 is 34.4. The van der Waals surface area contributed by atoms with E-state index in [0.717, 1.165) is 44.9 Å². The fraction of sp³-hybridized carbons (Fsp3) is 0.928. The molecule has 0 aliphatic carbocycles. The van der Waals surface area contributed by atoms with Crippen molar-refractivity contribution in [2.75, 3.05) is 26.4 Å². The number of carbonyl (C=O) groups is 1. The molecule has 0 radical (unpaired) electrons. The van der Waals surface area contributed by atoms with Gasteiger partial charge in [-0.1, -0.05) is 250 Å². The van der Waals surface area contributed by atoms with E-state index in [-0.39, 0.29) is 18.9 Å². The molecule has 17 atom stereocenters. The van der Waals surface area contributed by atoms with Gasteiger partial charge in [-0.3, -0.25) is 4.79 Å². The molecular weight excluding hydrogens is 1130 g/mol. The second kappa shape index (κ2) is 51.7. The zero-order valence-corrected chi connectivity index (χ0v) is 54.7. The van der Waals surface area contributed by atoms with Gasteiger partial charge < -0.3 is 89.9 Å². The van der Waals surface area contributed by atoms with Gasteiger partial charge in [0.1, 0.15) is 73.2 Å². The van der Waals surface area contributed by atoms with E-state index < -0.39 is 124 Å². The topological polar surface area (TPSA) is 307 Å². The van der Waals surface area contributed by atoms with Crippen molar-refractivity contribution in [3.63, 3.8) is 0 Å². The maximum absolute atomic E-state index is 13.4. The fourth-order valence-electron chi connectivity index (χ4n) is 12.2. The lowest BCUT2D eigenvalue weighted by molar-refractivity contribution is -0.379. The van der Waals surface area contributed by atoms with E-state index in [0.29, 0.717) is 6.42 Å². The Balaban J connectivity index is 1.44. The Labute approximate surface area is 530 Å². The predicted octanol–water partition coefficient (Wildman–Crippen LogP) is 9.44. The number of carbonyl (C=O) groups excluding carboxylic acids is 1. The lowest BCUT2D eigenvalue weighted by Gasteiger charge is -2.48. The maximum Gasteiger partial charge on any atom is 0.220 e. The third-order valence-electron chi connectivity index (χ3n) is 18.0. The molecule has 0 saturated carbocycles. The molecule has 88 heavy (non-hydrogen) atoms. The van der Waals surface area contributed by atoms with Crippen molar-refractivity contribution >= 4 is 5.91 Å². The van der Waals surface area contributed by atoms with Gasteiger partial charge in [0.05, 0.1) is 38.6 Å². The number of hydrogen-bond acceptors (Lipinski definition) is 18. The minimum atomic E-state index is -1.98. The first kappa shape index (κ1) is 80.5. The molecule has 0 spiro atoms. The van der Waals surface area contributed by atoms with E-state index in [4.69, 9.17) is 28.4 Å². The Kier molecular flexibility index (Phi) is 47.3. The van der Waals surface area contributed by atoms with Crippen LogP contribution in [0.15, 0.2) is 24.3 Å². The summed E-state index contributed by atoms with van der Waals surface area (Å²) in [6.45, 7) is 1.77. The number of aliphatic hydroxyl groups excluding tert-OH is 11. The molecule has 19 heteroatoms. The molecular formula is C69H129NO18. The number of allylic oxidation sites excluding steroid dienone is 3. The van der Waals surface area contributed by atoms with Crippen LogP contribution < -0.4 is 5.32 Å². The zero-order valence-electron chi connectivity index (χ0n) is 54.7. The van der Waals surface area contributed by atoms with Gasteiger partial charge in [0.25, 0.3) is 0 Å². The first-order valence-electron chi connectivity index (χ1n) is 35.6. The Hall–Kier alpha value is -1.73. The predicted molar refractivity (Wildman–Crippen MR) is 342 cm³/mol. The molecule has 3 saturated heterocycles. The van der Waals surface area contributed by atoms with E-state index >= 15 is 0 Å². The summed E-state index contributed by atoms with van der Waals surface area (Å²) >= 11 is 0. The zero-order chi connectivity index (χ0) is 64.0. The van der Waals surface area contributed by atoms with Gasteiger partial charge in [0.2, 0.25) is 5.91 Å². The van der Waals surface area contributed by atoms with Gasteiger partial charge in [-0.15, -0.1) is 0 Å². The van der Waals surface area contributed by atoms with Crippen molar-refractivity contribution in [1.82, 2.24) is 5.32 Å². The molecule has 3 fully saturated rings. The quantitative estimate of drug-likeness (QED) is 0.0199. The Morgan fingerprint density at radius 2 is 0.716 bits per heavy atom. The summed E-state index contributed by atoms with van der Waals surface area (Å²) in [4.78, 5) is 13.4. The number of rotatable bonds is 55. The SMILES string of the molecule is CCCCCCCCCC/C=C\CCCCCCCCCCCCCC(=O)NC(COC1OC(CO)C(OC2OC(CO)C(OC3OC(CO)C(O)C(O)C3O)C(O)C2O)C(O)C1O)C(O)/C=C/CCCCCCCCCCCCCCCCCCCC. The lowest BCUT2D eigenvalue weighted by Crippen LogP contribution is -2.66. The molecule has 0 bridgehead atoms. The second-order valence-corrected chi connectivity index (χ2v) is 25.7. The molecule has 0 aromatic rings. The molecule has 0 aromatic heterocycles. The average Bonchev–Trinajstić information content (AvgIpc) is 3.71. The molecule has 12 N–H and O–H groups in total. The number of aliphatic hydroxyl groups is 11. The minimum Gasteiger partial charge on any atom is -0.394 e. The van der Waals surface area contributed by atoms with Crippen molar-refractivity contribution < 1.29 is 89.4 Å². The second-order valence-electron chi connectivity index (χ2n) is 25.7. The van der Waals surface area contributed by atoms with E-state index in [1.807, 2.05) is 6.08 Å². The summed E-state index contributed by atoms with van der Waals surface area (Å²) in [6.07, 6.45) is 31.5. The molecule has 0 aromatic carbocycles. The van der Waals surface area contributed by atoms with E-state index in [1.165, 1.54) is 205 Å². The summed E-state index contributed by atoms with van der Waals surface area (Å²) in [5, 5.41) is 121. The van der Waals surface area contributed by atoms with Gasteiger partial charge in [-0.05, 0) is 44.9 Å². The number of unbranched alkanes of at least 4 members (excludes halogenated alkanes) is 37. The van der Waals surface area contributed by atoms with Crippen LogP contribution in [0.25, 0.3) is 0 Å². The largest absolute Gasteiger partial charge is 0.394 e. The first-order chi connectivity index (χ1) is 42.8. The van der Waals surface area contributed by atoms with Crippen molar-refractivity contribution in [1.29, 1.82) is 0 Å². The van der Waals surface area contributed by atoms with Gasteiger partial charge in [-0.25, -0.2) is 0 Å². The highest BCUT2D eigenvalue weighted by Crippen LogP contribution is 2.33. The Morgan fingerprint density at radius 1 is 0.398 bits per heavy atom. The number of ether oxygens (including phenoxy) is 6. The molecule has 1 amide bonds. The van der Waals surface area contributed by atoms with E-state index in [9.17, 15) is 61.0 Å². The van der Waals surface area contributed by atoms with Crippen LogP contribution in [0.5, 0.6) is 0 Å². The highest BCUT2D eigenvalue weighted by molar-refractivity contribution is 5.76. The van der Waals surface area contributed by atoms with Crippen LogP contribution in [-0.4, -0.2) is 193 Å². The first-order valence-corrected chi connectivity index (χ1v) is 35.6. The summed E-state index contributed by atoms with van der Waals surface area (Å²) in [6, 6.07) is -0.972. The standard InChI is InChI=1S/C69H129NO18/c1-3-5-7-9-11-13-15-17-19-21-23-25-26-27-29-31-33-35-37-39-41-43-45-47-57(75)70-52(53(74)46-44-42-40-38-36-34-32-30-28-24-22-20-18-16-14-12-10-8-6-4-2)51-83-67-63(81)60(78)65(55(49-72)85-67)88-69-64(82)61(79)66(56(50-73)86-69)87-68-62(80)59(77)58(76)54(48-71)84-68/h21,23,44,46,52-56,58-69,71-74,76-82H,3-20,22,24-43,45,47-51H2,1-2H3,(H,70,75)/b23-21-,46-44+. The van der Waals surface area contributed by atoms with Gasteiger partial charge in [-0.2, -0.15) is 0 Å². The van der Waals surface area contributed by atoms with E-state index in [1.54, 1.807) is 6.08 Å². The van der Waals surface area contributed by atoms with Crippen molar-refractivity contribution in [3.05, 3.63) is 24.3 Å². The normalized spacial score (nSPS) is 28.5. The smallest absolute Gasteiger partial charge is 0.220 e. The van der Waals surface area contributed by atoms with Gasteiger partial charge in [0, 0.05) is 6.42 Å². The van der Waals surface area contributed by atoms with Crippen LogP contribution in [0.1, 0.15) is 277 Å². The van der Waals surface area contributed by atoms with Crippen LogP contribution in [0.3, 0.4) is 0 Å². The third kappa shape index (κ3) is 33.4. The molecule has 3 aliphatic heterocycles. The van der Waals surface area contributed by atoms with Gasteiger partial charge in [0.15, 0.2) is 18.9 Å². The lowest BCUT2D eigenvalue weighted by atomic mass is 9.96. The Morgan fingerprint density at radius 3 is 1.10 bits per heavy atom. The fourth-order valence-corrected chi connectivity index (χ4v) is 12.2. The molecule has 3 heterocycles. The van der Waals surface area contributed by atoms with Crippen molar-refractivity contribution in [2.45, 2.75) is 381 Å². The maximum atomic E-state index is 13.4. The summed E-state index contributed by atoms with van der Waals surface area (Å²) in [5.41, 5.74) is 0. The third-order valence-corrected chi connectivity index (χ3v) is 18.0. The van der Waals surface area contributed by atoms with Crippen molar-refractivity contribution in [3.8, 4) is 0 Å². The van der Waals surface area contributed by atoms with Crippen LogP contribution >= 0.6 is 0 Å². The monoisotopic (exact) mass is 1260 g/mol. The number of amides is 1. The summed E-state index contributed by atoms with van der Waals surface area (Å²) in [7, 11) is 0. The molecule has 3 aliphatic rings. The minimum absolute atomic E-state index is 0.245. The van der Waals surface area contributed by atoms with Crippen LogP contribution in [0, 0.1) is 0 Å². The van der Waals surface area contributed by atoms with Gasteiger partial charge >= 0.3 is 0 Å². The highest BCUT2D eigenvalue weighted by Gasteiger charge is 2.53. The Bertz CT molecular complexity index is 1690. The van der Waals surface area contributed by atoms with Crippen LogP contribution in [0.4, 0.5) is 0 Å². The summed E-state index contributed by atoms with van der Waals surface area (Å²) in [5.74, 6) is -0.273. The molecule has 17 unspecified atom stereocenters. The molecule has 3 rings (SSSR count). The highest BCUT2D eigenvalue weighted by atomic mass is 16.8. The molecule has 19 nitrogen and oxygen atoms in total. The molecule has 518 valence electrons. The van der Waals surface area contributed by atoms with Crippen LogP contribution in [0.2, 0.25) is 0 Å². The number of nitrogens with one attached hydrogen (secondary N) is 1. The van der Waals surface area contributed by atoms with Crippen LogP contribution in [-0.2, 0) is 33.2 Å². The number of hydrogen-bond donors (Lipinski definition) is 12. The van der Waals surface area contributed by atoms with E-state index in [2.05, 4.69) is 31.3 Å². The van der Waals surface area contributed by atoms with Crippen molar-refractivity contribution in [2.24, 2.45) is 0 Å². The average molecular weight is 1260 g/mol.